The summed E-state index contributed by atoms with van der Waals surface area (Å²) in [6.07, 6.45) is -4.68. The molecule has 4 nitrogen and oxygen atoms in total. The van der Waals surface area contributed by atoms with E-state index >= 15 is 0 Å². The molecule has 0 saturated heterocycles. The monoisotopic (exact) mass is 293 g/mol. The smallest absolute Gasteiger partial charge is 0.329 e. The van der Waals surface area contributed by atoms with Crippen molar-refractivity contribution in [3.8, 4) is 0 Å². The average molecular weight is 293 g/mol. The molecule has 2 aromatic carbocycles. The van der Waals surface area contributed by atoms with Crippen LogP contribution in [0.3, 0.4) is 0 Å². The number of fused-ring (bicyclic) bond motifs is 1. The Morgan fingerprint density at radius 2 is 1.76 bits per heavy atom. The molecule has 1 unspecified atom stereocenters. The summed E-state index contributed by atoms with van der Waals surface area (Å²) in [5, 5.41) is 5.11. The fourth-order valence-corrected chi connectivity index (χ4v) is 2.14. The van der Waals surface area contributed by atoms with E-state index < -0.39 is 18.1 Å². The van der Waals surface area contributed by atoms with Crippen LogP contribution in [0.5, 0.6) is 0 Å². The largest absolute Gasteiger partial charge is 0.471 e. The van der Waals surface area contributed by atoms with E-state index in [1.807, 2.05) is 30.3 Å². The van der Waals surface area contributed by atoms with Gasteiger partial charge in [0.05, 0.1) is 6.04 Å². The molecule has 3 rings (SSSR count). The minimum Gasteiger partial charge on any atom is -0.329 e. The fraction of sp³-hybridized carbons (Fsp3) is 0.143. The third-order valence-electron chi connectivity index (χ3n) is 3.12. The summed E-state index contributed by atoms with van der Waals surface area (Å²) in [7, 11) is 0. The van der Waals surface area contributed by atoms with Crippen LogP contribution in [0.25, 0.3) is 10.8 Å². The molecule has 1 aromatic heterocycles. The summed E-state index contributed by atoms with van der Waals surface area (Å²) < 4.78 is 41.7. The minimum atomic E-state index is -4.68. The van der Waals surface area contributed by atoms with Crippen molar-refractivity contribution in [2.75, 3.05) is 0 Å². The summed E-state index contributed by atoms with van der Waals surface area (Å²) in [5.41, 5.74) is 6.63. The average Bonchev–Trinajstić information content (AvgIpc) is 2.96. The molecule has 0 fully saturated rings. The maximum absolute atomic E-state index is 12.5. The van der Waals surface area contributed by atoms with Crippen molar-refractivity contribution >= 4 is 10.8 Å². The number of nitrogens with zero attached hydrogens (tertiary/aromatic N) is 2. The van der Waals surface area contributed by atoms with Crippen LogP contribution in [-0.4, -0.2) is 10.1 Å². The number of benzene rings is 2. The number of nitrogens with two attached hydrogens (primary N) is 1. The molecular weight excluding hydrogens is 283 g/mol. The van der Waals surface area contributed by atoms with Crippen LogP contribution >= 0.6 is 0 Å². The van der Waals surface area contributed by atoms with Gasteiger partial charge in [-0.2, -0.15) is 18.2 Å². The molecule has 3 aromatic rings. The third kappa shape index (κ3) is 2.47. The van der Waals surface area contributed by atoms with E-state index in [4.69, 9.17) is 5.73 Å². The molecule has 0 aliphatic heterocycles. The summed E-state index contributed by atoms with van der Waals surface area (Å²) in [5.74, 6) is -1.59. The van der Waals surface area contributed by atoms with Gasteiger partial charge in [-0.15, -0.1) is 0 Å². The van der Waals surface area contributed by atoms with Crippen LogP contribution < -0.4 is 5.73 Å². The van der Waals surface area contributed by atoms with Crippen LogP contribution in [0.15, 0.2) is 47.0 Å². The summed E-state index contributed by atoms with van der Waals surface area (Å²) in [6, 6.07) is 11.9. The molecule has 0 radical (unpaired) electrons. The Hall–Kier alpha value is -2.41. The van der Waals surface area contributed by atoms with E-state index in [9.17, 15) is 13.2 Å². The van der Waals surface area contributed by atoms with Crippen molar-refractivity contribution in [3.05, 3.63) is 59.7 Å². The van der Waals surface area contributed by atoms with Gasteiger partial charge in [0, 0.05) is 0 Å². The van der Waals surface area contributed by atoms with Crippen LogP contribution in [0.1, 0.15) is 23.3 Å². The normalized spacial score (nSPS) is 13.5. The first-order valence-corrected chi connectivity index (χ1v) is 6.11. The number of hydrogen-bond acceptors (Lipinski definition) is 4. The number of halogens is 3. The second-order valence-corrected chi connectivity index (χ2v) is 4.50. The van der Waals surface area contributed by atoms with Crippen LogP contribution in [-0.2, 0) is 6.18 Å². The second kappa shape index (κ2) is 4.85. The van der Waals surface area contributed by atoms with Gasteiger partial charge in [-0.05, 0) is 16.3 Å². The molecule has 1 heterocycles. The molecule has 7 heteroatoms. The van der Waals surface area contributed by atoms with Gasteiger partial charge >= 0.3 is 12.1 Å². The molecule has 1 atom stereocenters. The van der Waals surface area contributed by atoms with Crippen LogP contribution in [0.2, 0.25) is 0 Å². The highest BCUT2D eigenvalue weighted by Gasteiger charge is 2.39. The maximum atomic E-state index is 12.5. The van der Waals surface area contributed by atoms with Gasteiger partial charge in [-0.25, -0.2) is 0 Å². The van der Waals surface area contributed by atoms with E-state index in [0.717, 1.165) is 10.8 Å². The van der Waals surface area contributed by atoms with Crippen molar-refractivity contribution in [1.82, 2.24) is 10.1 Å². The first-order chi connectivity index (χ1) is 9.97. The molecule has 0 aliphatic carbocycles. The third-order valence-corrected chi connectivity index (χ3v) is 3.12. The highest BCUT2D eigenvalue weighted by molar-refractivity contribution is 5.86. The van der Waals surface area contributed by atoms with Gasteiger partial charge in [0.1, 0.15) is 0 Å². The zero-order valence-electron chi connectivity index (χ0n) is 10.6. The van der Waals surface area contributed by atoms with E-state index in [0.29, 0.717) is 5.56 Å². The Kier molecular flexibility index (Phi) is 3.13. The van der Waals surface area contributed by atoms with Gasteiger partial charge in [-0.3, -0.25) is 0 Å². The standard InChI is InChI=1S/C14H10F3N3O/c15-14(16,17)13-19-12(20-21-13)11(18)10-7-3-5-8-4-1-2-6-9(8)10/h1-7,11H,18H2. The molecule has 0 bridgehead atoms. The zero-order valence-corrected chi connectivity index (χ0v) is 10.6. The predicted octanol–water partition coefficient (Wildman–Crippen LogP) is 3.29. The molecule has 0 amide bonds. The number of hydrogen-bond donors (Lipinski definition) is 1. The van der Waals surface area contributed by atoms with Gasteiger partial charge < -0.3 is 10.3 Å². The van der Waals surface area contributed by atoms with E-state index in [1.54, 1.807) is 12.1 Å². The van der Waals surface area contributed by atoms with Crippen molar-refractivity contribution in [2.45, 2.75) is 12.2 Å². The van der Waals surface area contributed by atoms with Crippen molar-refractivity contribution < 1.29 is 17.7 Å². The first-order valence-electron chi connectivity index (χ1n) is 6.11. The van der Waals surface area contributed by atoms with Crippen molar-refractivity contribution in [2.24, 2.45) is 5.73 Å². The topological polar surface area (TPSA) is 64.9 Å². The zero-order chi connectivity index (χ0) is 15.0. The Morgan fingerprint density at radius 1 is 1.05 bits per heavy atom. The second-order valence-electron chi connectivity index (χ2n) is 4.50. The molecule has 0 saturated carbocycles. The molecule has 0 aliphatic rings. The lowest BCUT2D eigenvalue weighted by Crippen LogP contribution is -2.15. The first kappa shape index (κ1) is 13.6. The number of aromatic nitrogens is 2. The highest BCUT2D eigenvalue weighted by Crippen LogP contribution is 2.30. The molecule has 2 N–H and O–H groups in total. The SMILES string of the molecule is NC(c1noc(C(F)(F)F)n1)c1cccc2ccccc12. The van der Waals surface area contributed by atoms with Crippen molar-refractivity contribution in [3.63, 3.8) is 0 Å². The molecule has 21 heavy (non-hydrogen) atoms. The lowest BCUT2D eigenvalue weighted by atomic mass is 9.99. The minimum absolute atomic E-state index is 0.196. The highest BCUT2D eigenvalue weighted by atomic mass is 19.4. The van der Waals surface area contributed by atoms with Crippen molar-refractivity contribution in [1.29, 1.82) is 0 Å². The number of alkyl halides is 3. The van der Waals surface area contributed by atoms with Gasteiger partial charge in [0.15, 0.2) is 5.82 Å². The van der Waals surface area contributed by atoms with E-state index in [1.165, 1.54) is 0 Å². The van der Waals surface area contributed by atoms with Gasteiger partial charge in [0.25, 0.3) is 0 Å². The summed E-state index contributed by atoms with van der Waals surface area (Å²) in [4.78, 5) is 3.34. The lowest BCUT2D eigenvalue weighted by Gasteiger charge is -2.11. The fourth-order valence-electron chi connectivity index (χ4n) is 2.14. The number of rotatable bonds is 2. The predicted molar refractivity (Wildman–Crippen MR) is 69.3 cm³/mol. The molecule has 0 spiro atoms. The van der Waals surface area contributed by atoms with Gasteiger partial charge in [0.2, 0.25) is 0 Å². The summed E-state index contributed by atoms with van der Waals surface area (Å²) >= 11 is 0. The van der Waals surface area contributed by atoms with Crippen LogP contribution in [0, 0.1) is 0 Å². The summed E-state index contributed by atoms with van der Waals surface area (Å²) in [6.45, 7) is 0. The Bertz CT molecular complexity index is 777. The van der Waals surface area contributed by atoms with Gasteiger partial charge in [-0.1, -0.05) is 47.6 Å². The molecule has 108 valence electrons. The lowest BCUT2D eigenvalue weighted by molar-refractivity contribution is -0.159. The van der Waals surface area contributed by atoms with Crippen LogP contribution in [0.4, 0.5) is 13.2 Å². The quantitative estimate of drug-likeness (QED) is 0.787. The molecular formula is C14H10F3N3O. The van der Waals surface area contributed by atoms with E-state index in [2.05, 4.69) is 14.7 Å². The Morgan fingerprint density at radius 3 is 2.48 bits per heavy atom. The van der Waals surface area contributed by atoms with E-state index in [-0.39, 0.29) is 5.82 Å². The maximum Gasteiger partial charge on any atom is 0.471 e. The Labute approximate surface area is 117 Å². The Balaban J connectivity index is 2.05.